The van der Waals surface area contributed by atoms with Crippen LogP contribution in [0.25, 0.3) is 0 Å². The Morgan fingerprint density at radius 3 is 2.71 bits per heavy atom. The van der Waals surface area contributed by atoms with Gasteiger partial charge in [0.1, 0.15) is 0 Å². The molecule has 0 amide bonds. The minimum absolute atomic E-state index is 0.752. The fourth-order valence-electron chi connectivity index (χ4n) is 1.56. The van der Waals surface area contributed by atoms with E-state index in [4.69, 9.17) is 11.6 Å². The molecule has 1 N–H and O–H groups in total. The predicted octanol–water partition coefficient (Wildman–Crippen LogP) is 4.76. The van der Waals surface area contributed by atoms with Gasteiger partial charge in [0, 0.05) is 27.3 Å². The van der Waals surface area contributed by atoms with Crippen molar-refractivity contribution < 1.29 is 0 Å². The molecule has 1 heterocycles. The quantitative estimate of drug-likeness (QED) is 0.852. The lowest BCUT2D eigenvalue weighted by molar-refractivity contribution is 0.701. The molecule has 17 heavy (non-hydrogen) atoms. The Morgan fingerprint density at radius 2 is 2.06 bits per heavy atom. The van der Waals surface area contributed by atoms with Gasteiger partial charge in [-0.2, -0.15) is 0 Å². The first-order valence-corrected chi connectivity index (χ1v) is 7.34. The number of thiophene rings is 1. The SMILES string of the molecule is Cc1ccc(CNCc2ccc(Cl)c(Br)c2)s1. The van der Waals surface area contributed by atoms with Gasteiger partial charge in [0.15, 0.2) is 0 Å². The van der Waals surface area contributed by atoms with E-state index >= 15 is 0 Å². The number of rotatable bonds is 4. The minimum atomic E-state index is 0.752. The largest absolute Gasteiger partial charge is 0.308 e. The van der Waals surface area contributed by atoms with Gasteiger partial charge >= 0.3 is 0 Å². The van der Waals surface area contributed by atoms with Gasteiger partial charge in [0.25, 0.3) is 0 Å². The first kappa shape index (κ1) is 13.1. The maximum absolute atomic E-state index is 5.95. The third-order valence-corrected chi connectivity index (χ3v) is 4.62. The second-order valence-corrected chi connectivity index (χ2v) is 6.50. The Hall–Kier alpha value is -0.350. The van der Waals surface area contributed by atoms with E-state index in [2.05, 4.69) is 46.4 Å². The van der Waals surface area contributed by atoms with Crippen molar-refractivity contribution in [2.45, 2.75) is 20.0 Å². The van der Waals surface area contributed by atoms with Crippen LogP contribution >= 0.6 is 38.9 Å². The van der Waals surface area contributed by atoms with Crippen LogP contribution in [0.2, 0.25) is 5.02 Å². The highest BCUT2D eigenvalue weighted by Crippen LogP contribution is 2.23. The summed E-state index contributed by atoms with van der Waals surface area (Å²) in [6.45, 7) is 3.90. The lowest BCUT2D eigenvalue weighted by Gasteiger charge is -2.05. The van der Waals surface area contributed by atoms with Crippen molar-refractivity contribution in [2.24, 2.45) is 0 Å². The van der Waals surface area contributed by atoms with E-state index in [-0.39, 0.29) is 0 Å². The zero-order chi connectivity index (χ0) is 12.3. The number of hydrogen-bond acceptors (Lipinski definition) is 2. The van der Waals surface area contributed by atoms with Gasteiger partial charge in [0.05, 0.1) is 5.02 Å². The summed E-state index contributed by atoms with van der Waals surface area (Å²) in [4.78, 5) is 2.73. The second-order valence-electron chi connectivity index (χ2n) is 3.86. The van der Waals surface area contributed by atoms with Crippen molar-refractivity contribution in [1.29, 1.82) is 0 Å². The van der Waals surface area contributed by atoms with Crippen LogP contribution in [0.3, 0.4) is 0 Å². The zero-order valence-electron chi connectivity index (χ0n) is 9.47. The highest BCUT2D eigenvalue weighted by molar-refractivity contribution is 9.10. The summed E-state index contributed by atoms with van der Waals surface area (Å²) < 4.78 is 0.949. The molecule has 1 nitrogen and oxygen atoms in total. The van der Waals surface area contributed by atoms with Gasteiger partial charge in [0.2, 0.25) is 0 Å². The summed E-state index contributed by atoms with van der Waals surface area (Å²) in [5.74, 6) is 0. The van der Waals surface area contributed by atoms with Crippen LogP contribution in [0.1, 0.15) is 15.3 Å². The summed E-state index contributed by atoms with van der Waals surface area (Å²) in [7, 11) is 0. The maximum atomic E-state index is 5.95. The van der Waals surface area contributed by atoms with E-state index in [9.17, 15) is 0 Å². The molecule has 0 aliphatic heterocycles. The summed E-state index contributed by atoms with van der Waals surface area (Å²) in [6, 6.07) is 10.3. The lowest BCUT2D eigenvalue weighted by atomic mass is 10.2. The standard InChI is InChI=1S/C13H13BrClNS/c1-9-2-4-11(17-9)8-16-7-10-3-5-13(15)12(14)6-10/h2-6,16H,7-8H2,1H3. The molecule has 90 valence electrons. The molecule has 0 fully saturated rings. The van der Waals surface area contributed by atoms with Gasteiger partial charge in [-0.1, -0.05) is 17.7 Å². The fraction of sp³-hybridized carbons (Fsp3) is 0.231. The van der Waals surface area contributed by atoms with Crippen LogP contribution in [-0.2, 0) is 13.1 Å². The summed E-state index contributed by atoms with van der Waals surface area (Å²) in [5.41, 5.74) is 1.23. The molecule has 2 rings (SSSR count). The number of nitrogens with one attached hydrogen (secondary N) is 1. The van der Waals surface area contributed by atoms with Gasteiger partial charge in [-0.25, -0.2) is 0 Å². The highest BCUT2D eigenvalue weighted by Gasteiger charge is 2.00. The number of hydrogen-bond donors (Lipinski definition) is 1. The number of halogens is 2. The highest BCUT2D eigenvalue weighted by atomic mass is 79.9. The van der Waals surface area contributed by atoms with E-state index in [1.165, 1.54) is 15.3 Å². The van der Waals surface area contributed by atoms with E-state index in [1.54, 1.807) is 0 Å². The van der Waals surface area contributed by atoms with Gasteiger partial charge in [-0.15, -0.1) is 11.3 Å². The molecule has 0 bridgehead atoms. The molecule has 0 radical (unpaired) electrons. The third kappa shape index (κ3) is 3.81. The Labute approximate surface area is 119 Å². The maximum Gasteiger partial charge on any atom is 0.0548 e. The monoisotopic (exact) mass is 329 g/mol. The minimum Gasteiger partial charge on any atom is -0.308 e. The van der Waals surface area contributed by atoms with E-state index in [1.807, 2.05) is 23.5 Å². The molecular weight excluding hydrogens is 318 g/mol. The van der Waals surface area contributed by atoms with Gasteiger partial charge in [-0.3, -0.25) is 0 Å². The van der Waals surface area contributed by atoms with E-state index < -0.39 is 0 Å². The molecule has 0 atom stereocenters. The number of benzene rings is 1. The predicted molar refractivity (Wildman–Crippen MR) is 78.8 cm³/mol. The number of aryl methyl sites for hydroxylation is 1. The molecule has 0 spiro atoms. The summed E-state index contributed by atoms with van der Waals surface area (Å²) in [5, 5.41) is 4.18. The average Bonchev–Trinajstić information content (AvgIpc) is 2.70. The van der Waals surface area contributed by atoms with Crippen molar-refractivity contribution in [3.05, 3.63) is 55.1 Å². The molecule has 0 saturated carbocycles. The molecular formula is C13H13BrClNS. The van der Waals surface area contributed by atoms with E-state index in [0.29, 0.717) is 0 Å². The smallest absolute Gasteiger partial charge is 0.0548 e. The molecule has 1 aromatic carbocycles. The Kier molecular flexibility index (Phi) is 4.62. The lowest BCUT2D eigenvalue weighted by Crippen LogP contribution is -2.11. The Balaban J connectivity index is 1.87. The molecule has 4 heteroatoms. The van der Waals surface area contributed by atoms with Crippen LogP contribution in [0, 0.1) is 6.92 Å². The average molecular weight is 331 g/mol. The van der Waals surface area contributed by atoms with Crippen LogP contribution in [0.4, 0.5) is 0 Å². The van der Waals surface area contributed by atoms with Crippen LogP contribution in [-0.4, -0.2) is 0 Å². The van der Waals surface area contributed by atoms with Crippen LogP contribution < -0.4 is 5.32 Å². The zero-order valence-corrected chi connectivity index (χ0v) is 12.6. The summed E-state index contributed by atoms with van der Waals surface area (Å²) >= 11 is 11.2. The van der Waals surface area contributed by atoms with Gasteiger partial charge < -0.3 is 5.32 Å². The molecule has 0 aliphatic carbocycles. The van der Waals surface area contributed by atoms with E-state index in [0.717, 1.165) is 22.6 Å². The van der Waals surface area contributed by atoms with Crippen LogP contribution in [0.15, 0.2) is 34.8 Å². The first-order chi connectivity index (χ1) is 8.15. The van der Waals surface area contributed by atoms with Crippen molar-refractivity contribution in [3.8, 4) is 0 Å². The summed E-state index contributed by atoms with van der Waals surface area (Å²) in [6.07, 6.45) is 0. The van der Waals surface area contributed by atoms with Crippen molar-refractivity contribution >= 4 is 38.9 Å². The van der Waals surface area contributed by atoms with Crippen molar-refractivity contribution in [3.63, 3.8) is 0 Å². The molecule has 0 aliphatic rings. The molecule has 0 saturated heterocycles. The van der Waals surface area contributed by atoms with Crippen LogP contribution in [0.5, 0.6) is 0 Å². The topological polar surface area (TPSA) is 12.0 Å². The van der Waals surface area contributed by atoms with Gasteiger partial charge in [-0.05, 0) is 52.7 Å². The Morgan fingerprint density at radius 1 is 1.24 bits per heavy atom. The molecule has 2 aromatic rings. The normalized spacial score (nSPS) is 10.8. The first-order valence-electron chi connectivity index (χ1n) is 5.35. The molecule has 1 aromatic heterocycles. The second kappa shape index (κ2) is 6.01. The third-order valence-electron chi connectivity index (χ3n) is 2.41. The van der Waals surface area contributed by atoms with Crippen molar-refractivity contribution in [1.82, 2.24) is 5.32 Å². The fourth-order valence-corrected chi connectivity index (χ4v) is 2.96. The van der Waals surface area contributed by atoms with Crippen molar-refractivity contribution in [2.75, 3.05) is 0 Å². The Bertz CT molecular complexity index is 510. The molecule has 0 unspecified atom stereocenters.